The van der Waals surface area contributed by atoms with E-state index in [0.717, 1.165) is 11.3 Å². The topological polar surface area (TPSA) is 68.1 Å². The first-order chi connectivity index (χ1) is 13.0. The number of hydrogen-bond donors (Lipinski definition) is 0. The van der Waals surface area contributed by atoms with Gasteiger partial charge in [-0.1, -0.05) is 59.3 Å². The summed E-state index contributed by atoms with van der Waals surface area (Å²) in [6.45, 7) is 0.884. The summed E-state index contributed by atoms with van der Waals surface area (Å²) in [6.07, 6.45) is 2.60. The van der Waals surface area contributed by atoms with Gasteiger partial charge in [-0.05, 0) is 24.1 Å². The summed E-state index contributed by atoms with van der Waals surface area (Å²) in [4.78, 5) is 0. The second-order valence-electron chi connectivity index (χ2n) is 6.64. The highest BCUT2D eigenvalue weighted by Crippen LogP contribution is 2.27. The van der Waals surface area contributed by atoms with E-state index >= 15 is 0 Å². The highest BCUT2D eigenvalue weighted by molar-refractivity contribution is 7.88. The van der Waals surface area contributed by atoms with E-state index in [-0.39, 0.29) is 11.8 Å². The van der Waals surface area contributed by atoms with E-state index in [1.165, 1.54) is 4.31 Å². The molecule has 2 aromatic carbocycles. The van der Waals surface area contributed by atoms with Gasteiger partial charge >= 0.3 is 0 Å². The van der Waals surface area contributed by atoms with Crippen LogP contribution in [0, 0.1) is 0 Å². The molecular weight excluding hydrogens is 384 g/mol. The molecule has 1 aliphatic rings. The Bertz CT molecular complexity index is 1040. The summed E-state index contributed by atoms with van der Waals surface area (Å²) >= 11 is 5.96. The van der Waals surface area contributed by atoms with Gasteiger partial charge in [-0.3, -0.25) is 0 Å². The minimum atomic E-state index is -3.40. The van der Waals surface area contributed by atoms with E-state index in [0.29, 0.717) is 30.1 Å². The lowest BCUT2D eigenvalue weighted by Gasteiger charge is -2.16. The summed E-state index contributed by atoms with van der Waals surface area (Å²) in [6, 6.07) is 16.8. The van der Waals surface area contributed by atoms with Gasteiger partial charge in [-0.25, -0.2) is 13.1 Å². The third kappa shape index (κ3) is 4.05. The summed E-state index contributed by atoms with van der Waals surface area (Å²) in [5, 5.41) is 8.98. The normalized spacial score (nSPS) is 18.0. The standard InChI is InChI=1S/C19H19ClN4O2S/c20-17-8-4-5-15(11-17)14-27(25,26)23-10-9-18(12-23)24-13-19(21-22-24)16-6-2-1-3-7-16/h1-8,11,13,18H,9-10,12,14H2. The number of aromatic nitrogens is 3. The van der Waals surface area contributed by atoms with E-state index in [2.05, 4.69) is 10.3 Å². The number of hydrogen-bond acceptors (Lipinski definition) is 4. The summed E-state index contributed by atoms with van der Waals surface area (Å²) in [5.74, 6) is -0.0487. The highest BCUT2D eigenvalue weighted by Gasteiger charge is 2.33. The maximum Gasteiger partial charge on any atom is 0.218 e. The SMILES string of the molecule is O=S(=O)(Cc1cccc(Cl)c1)N1CCC(n2cc(-c3ccccc3)nn2)C1. The zero-order valence-electron chi connectivity index (χ0n) is 14.6. The maximum atomic E-state index is 12.8. The lowest BCUT2D eigenvalue weighted by molar-refractivity contribution is 0.428. The van der Waals surface area contributed by atoms with Crippen LogP contribution in [-0.4, -0.2) is 40.8 Å². The van der Waals surface area contributed by atoms with Crippen LogP contribution in [-0.2, 0) is 15.8 Å². The maximum absolute atomic E-state index is 12.8. The fourth-order valence-electron chi connectivity index (χ4n) is 3.30. The van der Waals surface area contributed by atoms with Crippen LogP contribution in [0.4, 0.5) is 0 Å². The van der Waals surface area contributed by atoms with Gasteiger partial charge in [-0.2, -0.15) is 4.31 Å². The molecule has 3 aromatic rings. The van der Waals surface area contributed by atoms with Crippen molar-refractivity contribution in [1.29, 1.82) is 0 Å². The molecule has 6 nitrogen and oxygen atoms in total. The van der Waals surface area contributed by atoms with Crippen molar-refractivity contribution in [3.8, 4) is 11.3 Å². The van der Waals surface area contributed by atoms with Gasteiger partial charge < -0.3 is 0 Å². The fraction of sp³-hybridized carbons (Fsp3) is 0.263. The lowest BCUT2D eigenvalue weighted by Crippen LogP contribution is -2.30. The highest BCUT2D eigenvalue weighted by atomic mass is 35.5. The molecule has 1 fully saturated rings. The van der Waals surface area contributed by atoms with E-state index < -0.39 is 10.0 Å². The predicted molar refractivity (Wildman–Crippen MR) is 105 cm³/mol. The Kier molecular flexibility index (Phi) is 4.99. The molecule has 0 saturated carbocycles. The Labute approximate surface area is 163 Å². The number of nitrogens with zero attached hydrogens (tertiary/aromatic N) is 4. The Morgan fingerprint density at radius 1 is 1.11 bits per heavy atom. The van der Waals surface area contributed by atoms with Crippen molar-refractivity contribution < 1.29 is 8.42 Å². The second-order valence-corrected chi connectivity index (χ2v) is 9.04. The van der Waals surface area contributed by atoms with Crippen molar-refractivity contribution in [1.82, 2.24) is 19.3 Å². The molecule has 0 aliphatic carbocycles. The van der Waals surface area contributed by atoms with Crippen molar-refractivity contribution >= 4 is 21.6 Å². The molecule has 1 atom stereocenters. The molecule has 140 valence electrons. The molecule has 1 aliphatic heterocycles. The fourth-order valence-corrected chi connectivity index (χ4v) is 5.08. The van der Waals surface area contributed by atoms with E-state index in [1.807, 2.05) is 36.5 Å². The first kappa shape index (κ1) is 18.2. The van der Waals surface area contributed by atoms with E-state index in [9.17, 15) is 8.42 Å². The van der Waals surface area contributed by atoms with Crippen LogP contribution in [0.2, 0.25) is 5.02 Å². The number of rotatable bonds is 5. The van der Waals surface area contributed by atoms with Gasteiger partial charge in [0, 0.05) is 23.7 Å². The van der Waals surface area contributed by atoms with Crippen molar-refractivity contribution in [3.05, 3.63) is 71.4 Å². The van der Waals surface area contributed by atoms with Crippen molar-refractivity contribution in [2.45, 2.75) is 18.2 Å². The van der Waals surface area contributed by atoms with Crippen molar-refractivity contribution in [3.63, 3.8) is 0 Å². The molecule has 1 unspecified atom stereocenters. The average molecular weight is 403 g/mol. The molecule has 27 heavy (non-hydrogen) atoms. The molecule has 0 radical (unpaired) electrons. The zero-order chi connectivity index (χ0) is 18.9. The van der Waals surface area contributed by atoms with Gasteiger partial charge in [0.15, 0.2) is 0 Å². The van der Waals surface area contributed by atoms with Gasteiger partial charge in [0.2, 0.25) is 10.0 Å². The van der Waals surface area contributed by atoms with Crippen LogP contribution in [0.5, 0.6) is 0 Å². The van der Waals surface area contributed by atoms with Crippen molar-refractivity contribution in [2.24, 2.45) is 0 Å². The Balaban J connectivity index is 1.46. The third-order valence-electron chi connectivity index (χ3n) is 4.71. The first-order valence-electron chi connectivity index (χ1n) is 8.71. The molecule has 1 saturated heterocycles. The first-order valence-corrected chi connectivity index (χ1v) is 10.7. The summed E-state index contributed by atoms with van der Waals surface area (Å²) in [5.41, 5.74) is 2.47. The Morgan fingerprint density at radius 3 is 2.70 bits per heavy atom. The van der Waals surface area contributed by atoms with Gasteiger partial charge in [0.05, 0.1) is 18.0 Å². The minimum Gasteiger partial charge on any atom is -0.247 e. The monoisotopic (exact) mass is 402 g/mol. The quantitative estimate of drug-likeness (QED) is 0.656. The molecule has 0 N–H and O–H groups in total. The van der Waals surface area contributed by atoms with Gasteiger partial charge in [-0.15, -0.1) is 5.10 Å². The molecule has 4 rings (SSSR count). The lowest BCUT2D eigenvalue weighted by atomic mass is 10.2. The smallest absolute Gasteiger partial charge is 0.218 e. The minimum absolute atomic E-state index is 0.0101. The van der Waals surface area contributed by atoms with E-state index in [1.54, 1.807) is 28.9 Å². The molecule has 2 heterocycles. The summed E-state index contributed by atoms with van der Waals surface area (Å²) in [7, 11) is -3.40. The molecular formula is C19H19ClN4O2S. The van der Waals surface area contributed by atoms with Crippen molar-refractivity contribution in [2.75, 3.05) is 13.1 Å². The zero-order valence-corrected chi connectivity index (χ0v) is 16.1. The molecule has 0 amide bonds. The number of benzene rings is 2. The predicted octanol–water partition coefficient (Wildman–Crippen LogP) is 3.38. The summed E-state index contributed by atoms with van der Waals surface area (Å²) < 4.78 is 28.8. The molecule has 0 bridgehead atoms. The molecule has 0 spiro atoms. The Morgan fingerprint density at radius 2 is 1.93 bits per heavy atom. The van der Waals surface area contributed by atoms with Crippen LogP contribution >= 0.6 is 11.6 Å². The second kappa shape index (κ2) is 7.42. The van der Waals surface area contributed by atoms with Crippen LogP contribution in [0.15, 0.2) is 60.8 Å². The number of halogens is 1. The number of sulfonamides is 1. The van der Waals surface area contributed by atoms with Crippen LogP contribution < -0.4 is 0 Å². The van der Waals surface area contributed by atoms with E-state index in [4.69, 9.17) is 11.6 Å². The van der Waals surface area contributed by atoms with Crippen LogP contribution in [0.25, 0.3) is 11.3 Å². The average Bonchev–Trinajstić information content (AvgIpc) is 3.32. The van der Waals surface area contributed by atoms with Gasteiger partial charge in [0.25, 0.3) is 0 Å². The van der Waals surface area contributed by atoms with Crippen LogP contribution in [0.3, 0.4) is 0 Å². The largest absolute Gasteiger partial charge is 0.247 e. The Hall–Kier alpha value is -2.22. The molecule has 8 heteroatoms. The van der Waals surface area contributed by atoms with Crippen LogP contribution in [0.1, 0.15) is 18.0 Å². The molecule has 1 aromatic heterocycles. The third-order valence-corrected chi connectivity index (χ3v) is 6.76. The van der Waals surface area contributed by atoms with Gasteiger partial charge in [0.1, 0.15) is 5.69 Å².